The van der Waals surface area contributed by atoms with Crippen molar-refractivity contribution in [3.8, 4) is 11.8 Å². The van der Waals surface area contributed by atoms with E-state index in [9.17, 15) is 9.59 Å². The maximum absolute atomic E-state index is 11.4. The maximum Gasteiger partial charge on any atom is 0.408 e. The number of hydrogen-bond donors (Lipinski definition) is 1. The van der Waals surface area contributed by atoms with Gasteiger partial charge in [0, 0.05) is 11.1 Å². The molecule has 2 rings (SSSR count). The van der Waals surface area contributed by atoms with E-state index in [2.05, 4.69) is 17.2 Å². The summed E-state index contributed by atoms with van der Waals surface area (Å²) in [6.07, 6.45) is -0.505. The average Bonchev–Trinajstić information content (AvgIpc) is 2.74. The second kappa shape index (κ2) is 5.88. The molecular weight excluding hydrogens is 270 g/mol. The summed E-state index contributed by atoms with van der Waals surface area (Å²) in [4.78, 5) is 22.8. The molecule has 0 saturated heterocycles. The Morgan fingerprint density at radius 3 is 2.90 bits per heavy atom. The standard InChI is InChI=1S/C16H17NO4/c1-16(2,3)21-15(19)17-8-4-5-11-6-7-12-10-20-14(18)13(12)9-11/h6-7,9H,8,10H2,1-3H3,(H,17,19). The van der Waals surface area contributed by atoms with Crippen molar-refractivity contribution in [1.29, 1.82) is 0 Å². The molecule has 0 fully saturated rings. The number of cyclic esters (lactones) is 1. The van der Waals surface area contributed by atoms with E-state index in [1.54, 1.807) is 26.8 Å². The zero-order valence-corrected chi connectivity index (χ0v) is 12.3. The van der Waals surface area contributed by atoms with Gasteiger partial charge in [0.2, 0.25) is 0 Å². The van der Waals surface area contributed by atoms with Gasteiger partial charge in [0.25, 0.3) is 0 Å². The number of nitrogens with one attached hydrogen (secondary N) is 1. The number of carbonyl (C=O) groups is 2. The minimum Gasteiger partial charge on any atom is -0.457 e. The SMILES string of the molecule is CC(C)(C)OC(=O)NCC#Cc1ccc2c(c1)C(=O)OC2. The summed E-state index contributed by atoms with van der Waals surface area (Å²) in [5.74, 6) is 5.38. The number of ether oxygens (including phenoxy) is 2. The van der Waals surface area contributed by atoms with Gasteiger partial charge >= 0.3 is 12.1 Å². The van der Waals surface area contributed by atoms with E-state index in [1.165, 1.54) is 0 Å². The maximum atomic E-state index is 11.4. The summed E-state index contributed by atoms with van der Waals surface area (Å²) in [7, 11) is 0. The number of amides is 1. The lowest BCUT2D eigenvalue weighted by Crippen LogP contribution is -2.32. The third kappa shape index (κ3) is 4.25. The van der Waals surface area contributed by atoms with Gasteiger partial charge in [-0.2, -0.15) is 0 Å². The van der Waals surface area contributed by atoms with Gasteiger partial charge in [0.1, 0.15) is 12.2 Å². The third-order valence-corrected chi connectivity index (χ3v) is 2.64. The lowest BCUT2D eigenvalue weighted by atomic mass is 10.1. The lowest BCUT2D eigenvalue weighted by Gasteiger charge is -2.18. The molecule has 1 N–H and O–H groups in total. The summed E-state index contributed by atoms with van der Waals surface area (Å²) in [6.45, 7) is 5.88. The molecule has 0 saturated carbocycles. The zero-order valence-electron chi connectivity index (χ0n) is 12.3. The average molecular weight is 287 g/mol. The van der Waals surface area contributed by atoms with Gasteiger partial charge in [-0.25, -0.2) is 9.59 Å². The topological polar surface area (TPSA) is 64.6 Å². The van der Waals surface area contributed by atoms with Crippen LogP contribution in [0.3, 0.4) is 0 Å². The van der Waals surface area contributed by atoms with Crippen LogP contribution < -0.4 is 5.32 Å². The van der Waals surface area contributed by atoms with Gasteiger partial charge in [-0.15, -0.1) is 0 Å². The van der Waals surface area contributed by atoms with Crippen LogP contribution in [0.15, 0.2) is 18.2 Å². The van der Waals surface area contributed by atoms with Gasteiger partial charge in [-0.1, -0.05) is 17.9 Å². The van der Waals surface area contributed by atoms with Crippen molar-refractivity contribution in [2.45, 2.75) is 33.0 Å². The van der Waals surface area contributed by atoms with Crippen molar-refractivity contribution in [2.75, 3.05) is 6.54 Å². The monoisotopic (exact) mass is 287 g/mol. The summed E-state index contributed by atoms with van der Waals surface area (Å²) < 4.78 is 10.0. The third-order valence-electron chi connectivity index (χ3n) is 2.64. The molecule has 0 atom stereocenters. The molecule has 21 heavy (non-hydrogen) atoms. The minimum absolute atomic E-state index is 0.177. The Kier molecular flexibility index (Phi) is 4.18. The molecule has 1 heterocycles. The molecule has 5 nitrogen and oxygen atoms in total. The highest BCUT2D eigenvalue weighted by Crippen LogP contribution is 2.20. The number of benzene rings is 1. The first kappa shape index (κ1) is 14.9. The molecule has 0 bridgehead atoms. The van der Waals surface area contributed by atoms with Gasteiger partial charge in [0.15, 0.2) is 0 Å². The molecule has 0 spiro atoms. The predicted octanol–water partition coefficient (Wildman–Crippen LogP) is 2.23. The Morgan fingerprint density at radius 2 is 2.19 bits per heavy atom. The van der Waals surface area contributed by atoms with Gasteiger partial charge in [-0.05, 0) is 32.9 Å². The van der Waals surface area contributed by atoms with Gasteiger partial charge in [-0.3, -0.25) is 0 Å². The van der Waals surface area contributed by atoms with E-state index in [0.717, 1.165) is 5.56 Å². The Bertz CT molecular complexity index is 632. The fourth-order valence-electron chi connectivity index (χ4n) is 1.77. The highest BCUT2D eigenvalue weighted by atomic mass is 16.6. The minimum atomic E-state index is -0.530. The fraction of sp³-hybridized carbons (Fsp3) is 0.375. The molecule has 5 heteroatoms. The summed E-state index contributed by atoms with van der Waals surface area (Å²) in [5, 5.41) is 2.54. The van der Waals surface area contributed by atoms with Crippen molar-refractivity contribution in [3.05, 3.63) is 34.9 Å². The second-order valence-electron chi connectivity index (χ2n) is 5.61. The number of carbonyl (C=O) groups excluding carboxylic acids is 2. The predicted molar refractivity (Wildman–Crippen MR) is 76.7 cm³/mol. The van der Waals surface area contributed by atoms with E-state index in [4.69, 9.17) is 9.47 Å². The first-order valence-corrected chi connectivity index (χ1v) is 6.61. The zero-order chi connectivity index (χ0) is 15.5. The van der Waals surface area contributed by atoms with Crippen molar-refractivity contribution < 1.29 is 19.1 Å². The summed E-state index contributed by atoms with van der Waals surface area (Å²) in [6, 6.07) is 5.35. The van der Waals surface area contributed by atoms with Gasteiger partial charge in [0.05, 0.1) is 12.1 Å². The quantitative estimate of drug-likeness (QED) is 0.635. The first-order valence-electron chi connectivity index (χ1n) is 6.61. The van der Waals surface area contributed by atoms with E-state index in [0.29, 0.717) is 17.7 Å². The highest BCUT2D eigenvalue weighted by Gasteiger charge is 2.20. The lowest BCUT2D eigenvalue weighted by molar-refractivity contribution is 0.0525. The van der Waals surface area contributed by atoms with E-state index >= 15 is 0 Å². The molecule has 0 aliphatic carbocycles. The molecule has 0 unspecified atom stereocenters. The molecule has 0 radical (unpaired) electrons. The largest absolute Gasteiger partial charge is 0.457 e. The Labute approximate surface area is 123 Å². The highest BCUT2D eigenvalue weighted by molar-refractivity contribution is 5.93. The first-order chi connectivity index (χ1) is 9.85. The molecular formula is C16H17NO4. The Balaban J connectivity index is 1.91. The van der Waals surface area contributed by atoms with Crippen LogP contribution in [0.1, 0.15) is 42.3 Å². The molecule has 0 aromatic heterocycles. The molecule has 1 aromatic rings. The van der Waals surface area contributed by atoms with E-state index in [-0.39, 0.29) is 12.5 Å². The second-order valence-corrected chi connectivity index (χ2v) is 5.61. The summed E-state index contributed by atoms with van der Waals surface area (Å²) >= 11 is 0. The molecule has 1 aliphatic heterocycles. The molecule has 1 aliphatic rings. The van der Waals surface area contributed by atoms with E-state index < -0.39 is 11.7 Å². The smallest absolute Gasteiger partial charge is 0.408 e. The van der Waals surface area contributed by atoms with Crippen LogP contribution in [0.25, 0.3) is 0 Å². The molecule has 1 amide bonds. The fourth-order valence-corrected chi connectivity index (χ4v) is 1.77. The van der Waals surface area contributed by atoms with Crippen molar-refractivity contribution in [1.82, 2.24) is 5.32 Å². The van der Waals surface area contributed by atoms with Crippen LogP contribution in [0.4, 0.5) is 4.79 Å². The number of rotatable bonds is 1. The van der Waals surface area contributed by atoms with Crippen LogP contribution in [0.2, 0.25) is 0 Å². The van der Waals surface area contributed by atoms with Crippen LogP contribution in [0, 0.1) is 11.8 Å². The normalized spacial score (nSPS) is 12.8. The van der Waals surface area contributed by atoms with Crippen LogP contribution in [-0.4, -0.2) is 24.2 Å². The van der Waals surface area contributed by atoms with Crippen molar-refractivity contribution in [3.63, 3.8) is 0 Å². The Hall–Kier alpha value is -2.48. The van der Waals surface area contributed by atoms with Crippen LogP contribution in [0.5, 0.6) is 0 Å². The number of hydrogen-bond acceptors (Lipinski definition) is 4. The number of fused-ring (bicyclic) bond motifs is 1. The molecule has 110 valence electrons. The molecule has 1 aromatic carbocycles. The Morgan fingerprint density at radius 1 is 1.43 bits per heavy atom. The van der Waals surface area contributed by atoms with Crippen molar-refractivity contribution >= 4 is 12.1 Å². The van der Waals surface area contributed by atoms with Crippen LogP contribution in [-0.2, 0) is 16.1 Å². The summed E-state index contributed by atoms with van der Waals surface area (Å²) in [5.41, 5.74) is 1.61. The van der Waals surface area contributed by atoms with Gasteiger partial charge < -0.3 is 14.8 Å². The van der Waals surface area contributed by atoms with Crippen molar-refractivity contribution in [2.24, 2.45) is 0 Å². The number of alkyl carbamates (subject to hydrolysis) is 1. The number of esters is 1. The van der Waals surface area contributed by atoms with Crippen LogP contribution >= 0.6 is 0 Å². The van der Waals surface area contributed by atoms with E-state index in [1.807, 2.05) is 12.1 Å².